The summed E-state index contributed by atoms with van der Waals surface area (Å²) in [5.41, 5.74) is 0.977. The monoisotopic (exact) mass is 206 g/mol. The summed E-state index contributed by atoms with van der Waals surface area (Å²) in [5.74, 6) is -0.215. The lowest BCUT2D eigenvalue weighted by molar-refractivity contribution is 0.0930. The van der Waals surface area contributed by atoms with Crippen molar-refractivity contribution in [2.45, 2.75) is 19.3 Å². The molecule has 0 amide bonds. The highest BCUT2D eigenvalue weighted by Crippen LogP contribution is 2.42. The van der Waals surface area contributed by atoms with Crippen LogP contribution in [0.5, 0.6) is 0 Å². The minimum absolute atomic E-state index is 0.00557. The summed E-state index contributed by atoms with van der Waals surface area (Å²) in [7, 11) is 0. The summed E-state index contributed by atoms with van der Waals surface area (Å²) in [6, 6.07) is 6.39. The second kappa shape index (κ2) is 4.15. The fraction of sp³-hybridized carbons (Fsp3) is 0.385. The van der Waals surface area contributed by atoms with Crippen LogP contribution in [0.4, 0.5) is 4.39 Å². The Bertz CT molecular complexity index is 344. The van der Waals surface area contributed by atoms with Crippen LogP contribution in [-0.4, -0.2) is 11.7 Å². The number of hydrogen-bond acceptors (Lipinski definition) is 1. The second-order valence-corrected chi connectivity index (χ2v) is 4.26. The fourth-order valence-corrected chi connectivity index (χ4v) is 1.86. The van der Waals surface area contributed by atoms with Gasteiger partial charge in [0.2, 0.25) is 0 Å². The highest BCUT2D eigenvalue weighted by atomic mass is 19.1. The van der Waals surface area contributed by atoms with E-state index >= 15 is 0 Å². The molecular weight excluding hydrogens is 191 g/mol. The van der Waals surface area contributed by atoms with E-state index in [9.17, 15) is 9.50 Å². The quantitative estimate of drug-likeness (QED) is 0.806. The van der Waals surface area contributed by atoms with E-state index in [-0.39, 0.29) is 17.8 Å². The van der Waals surface area contributed by atoms with E-state index < -0.39 is 0 Å². The molecule has 0 atom stereocenters. The molecule has 2 rings (SSSR count). The van der Waals surface area contributed by atoms with Crippen molar-refractivity contribution in [1.82, 2.24) is 0 Å². The zero-order chi connectivity index (χ0) is 10.7. The zero-order valence-corrected chi connectivity index (χ0v) is 8.62. The first-order chi connectivity index (χ1) is 7.24. The number of halogens is 1. The first-order valence-electron chi connectivity index (χ1n) is 5.30. The van der Waals surface area contributed by atoms with E-state index in [4.69, 9.17) is 0 Å². The molecule has 1 N–H and O–H groups in total. The number of hydrogen-bond donors (Lipinski definition) is 1. The predicted octanol–water partition coefficient (Wildman–Crippen LogP) is 3.00. The van der Waals surface area contributed by atoms with Crippen LogP contribution in [0.3, 0.4) is 0 Å². The summed E-state index contributed by atoms with van der Waals surface area (Å²) in [4.78, 5) is 0. The molecule has 1 aromatic rings. The lowest BCUT2D eigenvalue weighted by atomic mass is 9.69. The van der Waals surface area contributed by atoms with Gasteiger partial charge >= 0.3 is 0 Å². The third kappa shape index (κ3) is 2.26. The van der Waals surface area contributed by atoms with Crippen LogP contribution in [0.15, 0.2) is 30.3 Å². The van der Waals surface area contributed by atoms with Crippen molar-refractivity contribution < 1.29 is 9.50 Å². The van der Waals surface area contributed by atoms with E-state index in [2.05, 4.69) is 6.08 Å². The van der Waals surface area contributed by atoms with Gasteiger partial charge in [0.25, 0.3) is 0 Å². The van der Waals surface area contributed by atoms with E-state index in [1.165, 1.54) is 18.6 Å². The van der Waals surface area contributed by atoms with Crippen molar-refractivity contribution in [2.24, 2.45) is 5.41 Å². The van der Waals surface area contributed by atoms with Crippen LogP contribution in [0.25, 0.3) is 6.08 Å². The molecule has 0 aliphatic heterocycles. The lowest BCUT2D eigenvalue weighted by Gasteiger charge is -2.37. The van der Waals surface area contributed by atoms with Crippen LogP contribution < -0.4 is 0 Å². The minimum Gasteiger partial charge on any atom is -0.395 e. The maximum Gasteiger partial charge on any atom is 0.123 e. The van der Waals surface area contributed by atoms with Gasteiger partial charge in [-0.1, -0.05) is 30.7 Å². The van der Waals surface area contributed by atoms with Crippen molar-refractivity contribution in [3.8, 4) is 0 Å². The summed E-state index contributed by atoms with van der Waals surface area (Å²) in [5, 5.41) is 9.25. The summed E-state index contributed by atoms with van der Waals surface area (Å²) in [6.45, 7) is 0.213. The highest BCUT2D eigenvalue weighted by Gasteiger charge is 2.33. The minimum atomic E-state index is -0.215. The van der Waals surface area contributed by atoms with Gasteiger partial charge in [0.1, 0.15) is 5.82 Å². The summed E-state index contributed by atoms with van der Waals surface area (Å²) >= 11 is 0. The zero-order valence-electron chi connectivity index (χ0n) is 8.62. The van der Waals surface area contributed by atoms with E-state index in [1.54, 1.807) is 12.1 Å². The largest absolute Gasteiger partial charge is 0.395 e. The number of benzene rings is 1. The van der Waals surface area contributed by atoms with Gasteiger partial charge in [0.05, 0.1) is 6.61 Å². The number of rotatable bonds is 3. The Labute approximate surface area is 89.3 Å². The molecule has 1 aliphatic carbocycles. The Morgan fingerprint density at radius 3 is 2.40 bits per heavy atom. The van der Waals surface area contributed by atoms with Crippen LogP contribution in [0.2, 0.25) is 0 Å². The molecular formula is C13H15FO. The summed E-state index contributed by atoms with van der Waals surface area (Å²) in [6.07, 6.45) is 7.33. The Kier molecular flexibility index (Phi) is 2.87. The normalized spacial score (nSPS) is 19.1. The summed E-state index contributed by atoms with van der Waals surface area (Å²) < 4.78 is 12.6. The molecule has 1 fully saturated rings. The average molecular weight is 206 g/mol. The van der Waals surface area contributed by atoms with Gasteiger partial charge in [0, 0.05) is 5.41 Å². The predicted molar refractivity (Wildman–Crippen MR) is 58.8 cm³/mol. The topological polar surface area (TPSA) is 20.2 Å². The molecule has 1 saturated carbocycles. The molecule has 2 heteroatoms. The van der Waals surface area contributed by atoms with Crippen LogP contribution in [-0.2, 0) is 0 Å². The second-order valence-electron chi connectivity index (χ2n) is 4.26. The third-order valence-electron chi connectivity index (χ3n) is 3.16. The van der Waals surface area contributed by atoms with Gasteiger partial charge in [-0.05, 0) is 30.5 Å². The van der Waals surface area contributed by atoms with Crippen molar-refractivity contribution in [3.05, 3.63) is 41.7 Å². The van der Waals surface area contributed by atoms with Gasteiger partial charge in [-0.3, -0.25) is 0 Å². The van der Waals surface area contributed by atoms with Crippen molar-refractivity contribution in [2.75, 3.05) is 6.61 Å². The van der Waals surface area contributed by atoms with Crippen LogP contribution in [0, 0.1) is 11.2 Å². The SMILES string of the molecule is OCC1(/C=C/c2ccc(F)cc2)CCC1. The molecule has 0 radical (unpaired) electrons. The molecule has 1 aromatic carbocycles. The smallest absolute Gasteiger partial charge is 0.123 e. The first-order valence-corrected chi connectivity index (χ1v) is 5.30. The Morgan fingerprint density at radius 2 is 1.93 bits per heavy atom. The molecule has 0 aromatic heterocycles. The Balaban J connectivity index is 2.07. The van der Waals surface area contributed by atoms with Crippen LogP contribution >= 0.6 is 0 Å². The van der Waals surface area contributed by atoms with E-state index in [0.29, 0.717) is 0 Å². The van der Waals surface area contributed by atoms with Crippen molar-refractivity contribution in [1.29, 1.82) is 0 Å². The molecule has 0 saturated heterocycles. The number of aliphatic hydroxyl groups excluding tert-OH is 1. The van der Waals surface area contributed by atoms with Crippen molar-refractivity contribution in [3.63, 3.8) is 0 Å². The third-order valence-corrected chi connectivity index (χ3v) is 3.16. The standard InChI is InChI=1S/C13H15FO/c14-12-4-2-11(3-5-12)6-9-13(10-15)7-1-8-13/h2-6,9,15H,1,7-8,10H2/b9-6+. The number of aliphatic hydroxyl groups is 1. The van der Waals surface area contributed by atoms with E-state index in [1.807, 2.05) is 6.08 Å². The van der Waals surface area contributed by atoms with Crippen molar-refractivity contribution >= 4 is 6.08 Å². The molecule has 0 bridgehead atoms. The molecule has 0 heterocycles. The highest BCUT2D eigenvalue weighted by molar-refractivity contribution is 5.50. The average Bonchev–Trinajstić information content (AvgIpc) is 2.20. The molecule has 15 heavy (non-hydrogen) atoms. The maximum atomic E-state index is 12.6. The van der Waals surface area contributed by atoms with Gasteiger partial charge in [-0.15, -0.1) is 0 Å². The molecule has 0 spiro atoms. The maximum absolute atomic E-state index is 12.6. The first kappa shape index (κ1) is 10.4. The Morgan fingerprint density at radius 1 is 1.27 bits per heavy atom. The molecule has 80 valence electrons. The lowest BCUT2D eigenvalue weighted by Crippen LogP contribution is -2.30. The molecule has 0 unspecified atom stereocenters. The van der Waals surface area contributed by atoms with Crippen LogP contribution in [0.1, 0.15) is 24.8 Å². The van der Waals surface area contributed by atoms with Gasteiger partial charge < -0.3 is 5.11 Å². The van der Waals surface area contributed by atoms with E-state index in [0.717, 1.165) is 18.4 Å². The van der Waals surface area contributed by atoms with Gasteiger partial charge in [-0.25, -0.2) is 4.39 Å². The van der Waals surface area contributed by atoms with Gasteiger partial charge in [-0.2, -0.15) is 0 Å². The molecule has 1 aliphatic rings. The Hall–Kier alpha value is -1.15. The molecule has 1 nitrogen and oxygen atoms in total. The van der Waals surface area contributed by atoms with Gasteiger partial charge in [0.15, 0.2) is 0 Å². The fourth-order valence-electron chi connectivity index (χ4n) is 1.86.